The number of hydrogen-bond donors (Lipinski definition) is 2. The molecule has 0 bridgehead atoms. The van der Waals surface area contributed by atoms with Gasteiger partial charge in [-0.25, -0.2) is 4.79 Å². The van der Waals surface area contributed by atoms with E-state index < -0.39 is 29.9 Å². The number of carboxylic acids is 1. The summed E-state index contributed by atoms with van der Waals surface area (Å²) < 4.78 is 0. The third kappa shape index (κ3) is 12.1. The topological polar surface area (TPSA) is 86.7 Å². The van der Waals surface area contributed by atoms with Gasteiger partial charge >= 0.3 is 12.0 Å². The Morgan fingerprint density at radius 1 is 0.795 bits per heavy atom. The molecule has 0 aliphatic carbocycles. The van der Waals surface area contributed by atoms with Gasteiger partial charge in [-0.2, -0.15) is 0 Å². The Bertz CT molecular complexity index is 962. The Balaban J connectivity index is 2.19. The third-order valence-electron chi connectivity index (χ3n) is 6.85. The lowest BCUT2D eigenvalue weighted by Crippen LogP contribution is -2.50. The van der Waals surface area contributed by atoms with Crippen LogP contribution in [0.5, 0.6) is 0 Å². The van der Waals surface area contributed by atoms with Crippen LogP contribution in [0.4, 0.5) is 4.79 Å². The zero-order chi connectivity index (χ0) is 28.7. The number of urea groups is 1. The van der Waals surface area contributed by atoms with Crippen molar-refractivity contribution in [3.8, 4) is 0 Å². The van der Waals surface area contributed by atoms with E-state index >= 15 is 0 Å². The van der Waals surface area contributed by atoms with Gasteiger partial charge in [0.25, 0.3) is 0 Å². The lowest BCUT2D eigenvalue weighted by Gasteiger charge is -2.32. The number of amides is 3. The summed E-state index contributed by atoms with van der Waals surface area (Å²) in [4.78, 5) is 40.5. The van der Waals surface area contributed by atoms with Crippen molar-refractivity contribution in [2.45, 2.75) is 97.9 Å². The zero-order valence-electron chi connectivity index (χ0n) is 24.3. The van der Waals surface area contributed by atoms with E-state index in [0.717, 1.165) is 36.8 Å². The highest BCUT2D eigenvalue weighted by Gasteiger charge is 2.34. The van der Waals surface area contributed by atoms with E-state index in [4.69, 9.17) is 0 Å². The summed E-state index contributed by atoms with van der Waals surface area (Å²) in [5, 5.41) is 12.7. The van der Waals surface area contributed by atoms with E-state index in [1.165, 1.54) is 30.6 Å². The second-order valence-corrected chi connectivity index (χ2v) is 11.7. The molecule has 0 saturated heterocycles. The molecule has 0 radical (unpaired) electrons. The SMILES string of the molecule is CCCCCCCCCCC(CC(=O)O)C(=O)N(CC(C)(C)C)C(=O)NC(c1ccccc1)c1ccccc1. The highest BCUT2D eigenvalue weighted by atomic mass is 16.4. The van der Waals surface area contributed by atoms with Crippen molar-refractivity contribution >= 4 is 17.9 Å². The maximum absolute atomic E-state index is 13.8. The molecular weight excluding hydrogens is 488 g/mol. The van der Waals surface area contributed by atoms with Crippen molar-refractivity contribution in [1.29, 1.82) is 0 Å². The highest BCUT2D eigenvalue weighted by Crippen LogP contribution is 2.25. The van der Waals surface area contributed by atoms with Crippen LogP contribution >= 0.6 is 0 Å². The first-order valence-corrected chi connectivity index (χ1v) is 14.6. The predicted octanol–water partition coefficient (Wildman–Crippen LogP) is 7.98. The van der Waals surface area contributed by atoms with Gasteiger partial charge in [-0.1, -0.05) is 140 Å². The molecule has 3 amide bonds. The molecule has 2 aromatic rings. The molecule has 0 aliphatic heterocycles. The van der Waals surface area contributed by atoms with E-state index in [1.807, 2.05) is 81.4 Å². The second kappa shape index (κ2) is 16.7. The number of aliphatic carboxylic acids is 1. The number of carboxylic acid groups (broad SMARTS) is 1. The van der Waals surface area contributed by atoms with Crippen LogP contribution in [-0.2, 0) is 9.59 Å². The number of carbonyl (C=O) groups is 3. The lowest BCUT2D eigenvalue weighted by atomic mass is 9.92. The van der Waals surface area contributed by atoms with Gasteiger partial charge in [0, 0.05) is 12.5 Å². The van der Waals surface area contributed by atoms with Crippen LogP contribution in [0, 0.1) is 11.3 Å². The standard InChI is InChI=1S/C33H48N2O4/c1-5-6-7-8-9-10-11-14-23-28(24-29(36)37)31(38)35(25-33(2,3)4)32(39)34-30(26-19-15-12-16-20-26)27-21-17-13-18-22-27/h12-13,15-22,28,30H,5-11,14,23-25H2,1-4H3,(H,34,39)(H,36,37). The lowest BCUT2D eigenvalue weighted by molar-refractivity contribution is -0.144. The summed E-state index contributed by atoms with van der Waals surface area (Å²) in [6.07, 6.45) is 9.12. The Hall–Kier alpha value is -3.15. The van der Waals surface area contributed by atoms with Crippen molar-refractivity contribution in [3.05, 3.63) is 71.8 Å². The minimum Gasteiger partial charge on any atom is -0.481 e. The summed E-state index contributed by atoms with van der Waals surface area (Å²) in [5.41, 5.74) is 1.45. The first kappa shape index (κ1) is 32.1. The van der Waals surface area contributed by atoms with Crippen molar-refractivity contribution in [2.75, 3.05) is 6.54 Å². The van der Waals surface area contributed by atoms with Crippen LogP contribution in [0.3, 0.4) is 0 Å². The predicted molar refractivity (Wildman–Crippen MR) is 157 cm³/mol. The summed E-state index contributed by atoms with van der Waals surface area (Å²) in [6.45, 7) is 8.30. The van der Waals surface area contributed by atoms with Gasteiger partial charge in [-0.05, 0) is 23.0 Å². The van der Waals surface area contributed by atoms with Crippen molar-refractivity contribution in [1.82, 2.24) is 10.2 Å². The monoisotopic (exact) mass is 536 g/mol. The third-order valence-corrected chi connectivity index (χ3v) is 6.85. The molecule has 2 N–H and O–H groups in total. The number of nitrogens with zero attached hydrogens (tertiary/aromatic N) is 1. The molecule has 0 fully saturated rings. The average Bonchev–Trinajstić information content (AvgIpc) is 2.91. The van der Waals surface area contributed by atoms with Gasteiger partial charge in [-0.3, -0.25) is 14.5 Å². The molecule has 0 aromatic heterocycles. The second-order valence-electron chi connectivity index (χ2n) is 11.7. The van der Waals surface area contributed by atoms with E-state index in [0.29, 0.717) is 6.42 Å². The Labute approximate surface area is 235 Å². The van der Waals surface area contributed by atoms with Crippen LogP contribution in [0.2, 0.25) is 0 Å². The van der Waals surface area contributed by atoms with Crippen molar-refractivity contribution in [2.24, 2.45) is 11.3 Å². The molecule has 214 valence electrons. The van der Waals surface area contributed by atoms with Gasteiger partial charge in [0.05, 0.1) is 12.5 Å². The van der Waals surface area contributed by atoms with Gasteiger partial charge < -0.3 is 10.4 Å². The van der Waals surface area contributed by atoms with Crippen molar-refractivity contribution in [3.63, 3.8) is 0 Å². The molecule has 0 spiro atoms. The fraction of sp³-hybridized carbons (Fsp3) is 0.545. The minimum atomic E-state index is -1.02. The van der Waals surface area contributed by atoms with Crippen LogP contribution in [-0.4, -0.2) is 34.5 Å². The molecular formula is C33H48N2O4. The minimum absolute atomic E-state index is 0.196. The van der Waals surface area contributed by atoms with Crippen LogP contribution < -0.4 is 5.32 Å². The molecule has 39 heavy (non-hydrogen) atoms. The van der Waals surface area contributed by atoms with E-state index in [2.05, 4.69) is 12.2 Å². The molecule has 1 atom stereocenters. The van der Waals surface area contributed by atoms with Crippen LogP contribution in [0.1, 0.15) is 109 Å². The number of imide groups is 1. The fourth-order valence-corrected chi connectivity index (χ4v) is 4.84. The molecule has 0 saturated carbocycles. The number of rotatable bonds is 16. The summed E-state index contributed by atoms with van der Waals surface area (Å²) in [6, 6.07) is 18.4. The molecule has 0 aliphatic rings. The molecule has 2 aromatic carbocycles. The average molecular weight is 537 g/mol. The quantitative estimate of drug-likeness (QED) is 0.213. The molecule has 0 heterocycles. The van der Waals surface area contributed by atoms with Gasteiger partial charge in [0.2, 0.25) is 5.91 Å². The van der Waals surface area contributed by atoms with E-state index in [1.54, 1.807) is 0 Å². The summed E-state index contributed by atoms with van der Waals surface area (Å²) in [7, 11) is 0. The fourth-order valence-electron chi connectivity index (χ4n) is 4.84. The maximum atomic E-state index is 13.8. The smallest absolute Gasteiger partial charge is 0.324 e. The summed E-state index contributed by atoms with van der Waals surface area (Å²) in [5.74, 6) is -2.16. The number of carbonyl (C=O) groups excluding carboxylic acids is 2. The highest BCUT2D eigenvalue weighted by molar-refractivity contribution is 5.97. The molecule has 6 heteroatoms. The van der Waals surface area contributed by atoms with Crippen LogP contribution in [0.15, 0.2) is 60.7 Å². The van der Waals surface area contributed by atoms with Crippen molar-refractivity contribution < 1.29 is 19.5 Å². The molecule has 2 rings (SSSR count). The zero-order valence-corrected chi connectivity index (χ0v) is 24.3. The van der Waals surface area contributed by atoms with E-state index in [-0.39, 0.29) is 18.4 Å². The van der Waals surface area contributed by atoms with Gasteiger partial charge in [0.15, 0.2) is 0 Å². The number of unbranched alkanes of at least 4 members (excludes halogenated alkanes) is 7. The van der Waals surface area contributed by atoms with Gasteiger partial charge in [0.1, 0.15) is 0 Å². The van der Waals surface area contributed by atoms with Gasteiger partial charge in [-0.15, -0.1) is 0 Å². The Kier molecular flexibility index (Phi) is 13.8. The molecule has 1 unspecified atom stereocenters. The first-order valence-electron chi connectivity index (χ1n) is 14.6. The Morgan fingerprint density at radius 3 is 1.74 bits per heavy atom. The Morgan fingerprint density at radius 2 is 1.28 bits per heavy atom. The maximum Gasteiger partial charge on any atom is 0.324 e. The number of hydrogen-bond acceptors (Lipinski definition) is 3. The largest absolute Gasteiger partial charge is 0.481 e. The molecule has 6 nitrogen and oxygen atoms in total. The number of nitrogens with one attached hydrogen (secondary N) is 1. The van der Waals surface area contributed by atoms with Crippen LogP contribution in [0.25, 0.3) is 0 Å². The van der Waals surface area contributed by atoms with E-state index in [9.17, 15) is 19.5 Å². The summed E-state index contributed by atoms with van der Waals surface area (Å²) >= 11 is 0. The first-order chi connectivity index (χ1) is 18.6. The normalized spacial score (nSPS) is 12.2. The number of benzene rings is 2.